The highest BCUT2D eigenvalue weighted by molar-refractivity contribution is 5.60. The van der Waals surface area contributed by atoms with E-state index in [4.69, 9.17) is 9.26 Å². The topological polar surface area (TPSA) is 81.3 Å². The Kier molecular flexibility index (Phi) is 3.40. The summed E-state index contributed by atoms with van der Waals surface area (Å²) < 4.78 is 11.0. The minimum absolute atomic E-state index is 0.0258. The van der Waals surface area contributed by atoms with Crippen molar-refractivity contribution < 1.29 is 14.4 Å². The van der Waals surface area contributed by atoms with Crippen molar-refractivity contribution in [3.8, 4) is 17.2 Å². The average molecular weight is 275 g/mol. The second-order valence-electron chi connectivity index (χ2n) is 5.08. The molecule has 1 aliphatic carbocycles. The lowest BCUT2D eigenvalue weighted by molar-refractivity contribution is -0.0527. The lowest BCUT2D eigenvalue weighted by Crippen LogP contribution is -2.32. The SMILES string of the molecule is COC1(c2noc(-c3ccncc3O)n2)CCCCC1. The van der Waals surface area contributed by atoms with Gasteiger partial charge in [0.2, 0.25) is 5.82 Å². The Labute approximate surface area is 116 Å². The quantitative estimate of drug-likeness (QED) is 0.927. The maximum Gasteiger partial charge on any atom is 0.261 e. The van der Waals surface area contributed by atoms with Crippen LogP contribution in [0.2, 0.25) is 0 Å². The molecule has 106 valence electrons. The van der Waals surface area contributed by atoms with Gasteiger partial charge in [-0.25, -0.2) is 0 Å². The number of ether oxygens (including phenoxy) is 1. The van der Waals surface area contributed by atoms with E-state index in [0.29, 0.717) is 17.3 Å². The molecule has 2 aromatic rings. The fourth-order valence-electron chi connectivity index (χ4n) is 2.73. The van der Waals surface area contributed by atoms with Crippen molar-refractivity contribution in [3.05, 3.63) is 24.3 Å². The van der Waals surface area contributed by atoms with Crippen LogP contribution in [0.15, 0.2) is 23.0 Å². The van der Waals surface area contributed by atoms with Gasteiger partial charge >= 0.3 is 0 Å². The molecule has 0 unspecified atom stereocenters. The first kappa shape index (κ1) is 13.1. The first-order chi connectivity index (χ1) is 9.75. The monoisotopic (exact) mass is 275 g/mol. The van der Waals surface area contributed by atoms with Gasteiger partial charge in [-0.2, -0.15) is 4.98 Å². The Morgan fingerprint density at radius 3 is 2.80 bits per heavy atom. The van der Waals surface area contributed by atoms with Gasteiger partial charge in [-0.05, 0) is 18.9 Å². The number of nitrogens with zero attached hydrogens (tertiary/aromatic N) is 3. The van der Waals surface area contributed by atoms with Gasteiger partial charge in [0.05, 0.1) is 11.8 Å². The number of hydrogen-bond donors (Lipinski definition) is 1. The van der Waals surface area contributed by atoms with E-state index in [0.717, 1.165) is 25.7 Å². The third-order valence-corrected chi connectivity index (χ3v) is 3.92. The average Bonchev–Trinajstić information content (AvgIpc) is 2.98. The summed E-state index contributed by atoms with van der Waals surface area (Å²) in [5, 5.41) is 13.8. The second-order valence-corrected chi connectivity index (χ2v) is 5.08. The number of aromatic hydroxyl groups is 1. The van der Waals surface area contributed by atoms with Crippen LogP contribution in [-0.2, 0) is 10.3 Å². The summed E-state index contributed by atoms with van der Waals surface area (Å²) >= 11 is 0. The molecule has 0 aromatic carbocycles. The van der Waals surface area contributed by atoms with E-state index in [9.17, 15) is 5.11 Å². The van der Waals surface area contributed by atoms with E-state index in [1.165, 1.54) is 12.6 Å². The van der Waals surface area contributed by atoms with Crippen molar-refractivity contribution in [2.45, 2.75) is 37.7 Å². The fraction of sp³-hybridized carbons (Fsp3) is 0.500. The molecule has 1 saturated carbocycles. The predicted octanol–water partition coefficient (Wildman–Crippen LogP) is 2.64. The molecule has 3 rings (SSSR count). The number of pyridine rings is 1. The van der Waals surface area contributed by atoms with Gasteiger partial charge in [-0.3, -0.25) is 4.98 Å². The molecular formula is C14H17N3O3. The summed E-state index contributed by atoms with van der Waals surface area (Å²) in [5.74, 6) is 0.880. The Bertz CT molecular complexity index is 591. The highest BCUT2D eigenvalue weighted by atomic mass is 16.5. The first-order valence-electron chi connectivity index (χ1n) is 6.78. The van der Waals surface area contributed by atoms with Crippen molar-refractivity contribution in [1.29, 1.82) is 0 Å². The van der Waals surface area contributed by atoms with Gasteiger partial charge in [0.1, 0.15) is 11.4 Å². The third kappa shape index (κ3) is 2.16. The zero-order valence-electron chi connectivity index (χ0n) is 11.4. The second kappa shape index (κ2) is 5.20. The van der Waals surface area contributed by atoms with Crippen LogP contribution in [0, 0.1) is 0 Å². The molecule has 1 aliphatic rings. The Balaban J connectivity index is 1.95. The molecule has 20 heavy (non-hydrogen) atoms. The van der Waals surface area contributed by atoms with Crippen LogP contribution in [0.4, 0.5) is 0 Å². The van der Waals surface area contributed by atoms with Crippen molar-refractivity contribution in [2.75, 3.05) is 7.11 Å². The van der Waals surface area contributed by atoms with Crippen LogP contribution >= 0.6 is 0 Å². The molecule has 2 aromatic heterocycles. The predicted molar refractivity (Wildman–Crippen MR) is 71.0 cm³/mol. The highest BCUT2D eigenvalue weighted by Crippen LogP contribution is 2.39. The molecule has 1 N–H and O–H groups in total. The zero-order chi connectivity index (χ0) is 14.0. The fourth-order valence-corrected chi connectivity index (χ4v) is 2.73. The summed E-state index contributed by atoms with van der Waals surface area (Å²) in [6.45, 7) is 0. The summed E-state index contributed by atoms with van der Waals surface area (Å²) in [5.41, 5.74) is 0.0312. The minimum Gasteiger partial charge on any atom is -0.505 e. The van der Waals surface area contributed by atoms with E-state index in [-0.39, 0.29) is 5.75 Å². The first-order valence-corrected chi connectivity index (χ1v) is 6.78. The molecule has 0 saturated heterocycles. The Morgan fingerprint density at radius 1 is 1.30 bits per heavy atom. The zero-order valence-corrected chi connectivity index (χ0v) is 11.4. The third-order valence-electron chi connectivity index (χ3n) is 3.92. The van der Waals surface area contributed by atoms with E-state index < -0.39 is 5.60 Å². The Morgan fingerprint density at radius 2 is 2.10 bits per heavy atom. The highest BCUT2D eigenvalue weighted by Gasteiger charge is 2.38. The Hall–Kier alpha value is -1.95. The maximum atomic E-state index is 9.78. The smallest absolute Gasteiger partial charge is 0.261 e. The van der Waals surface area contributed by atoms with Crippen molar-refractivity contribution >= 4 is 0 Å². The van der Waals surface area contributed by atoms with E-state index >= 15 is 0 Å². The number of hydrogen-bond acceptors (Lipinski definition) is 6. The van der Waals surface area contributed by atoms with Gasteiger partial charge in [0.15, 0.2) is 0 Å². The molecule has 6 heteroatoms. The van der Waals surface area contributed by atoms with Gasteiger partial charge in [-0.15, -0.1) is 0 Å². The lowest BCUT2D eigenvalue weighted by atomic mass is 9.84. The van der Waals surface area contributed by atoms with E-state index in [2.05, 4.69) is 15.1 Å². The van der Waals surface area contributed by atoms with Crippen LogP contribution in [0.3, 0.4) is 0 Å². The van der Waals surface area contributed by atoms with E-state index in [1.807, 2.05) is 0 Å². The van der Waals surface area contributed by atoms with Crippen LogP contribution in [0.5, 0.6) is 5.75 Å². The molecule has 2 heterocycles. The maximum absolute atomic E-state index is 9.78. The summed E-state index contributed by atoms with van der Waals surface area (Å²) in [6, 6.07) is 1.65. The molecular weight excluding hydrogens is 258 g/mol. The largest absolute Gasteiger partial charge is 0.505 e. The molecule has 0 aliphatic heterocycles. The van der Waals surface area contributed by atoms with Crippen LogP contribution in [0.1, 0.15) is 37.9 Å². The molecule has 0 amide bonds. The molecule has 0 radical (unpaired) electrons. The summed E-state index contributed by atoms with van der Waals surface area (Å²) in [4.78, 5) is 8.25. The van der Waals surface area contributed by atoms with Crippen molar-refractivity contribution in [1.82, 2.24) is 15.1 Å². The van der Waals surface area contributed by atoms with Gasteiger partial charge < -0.3 is 14.4 Å². The van der Waals surface area contributed by atoms with E-state index in [1.54, 1.807) is 19.4 Å². The molecule has 0 spiro atoms. The van der Waals surface area contributed by atoms with Crippen molar-refractivity contribution in [3.63, 3.8) is 0 Å². The summed E-state index contributed by atoms with van der Waals surface area (Å²) in [6.07, 6.45) is 8.12. The normalized spacial score (nSPS) is 18.1. The van der Waals surface area contributed by atoms with Gasteiger partial charge in [0.25, 0.3) is 5.89 Å². The van der Waals surface area contributed by atoms with Crippen LogP contribution < -0.4 is 0 Å². The van der Waals surface area contributed by atoms with Gasteiger partial charge in [-0.1, -0.05) is 24.4 Å². The number of methoxy groups -OCH3 is 1. The molecule has 0 bridgehead atoms. The minimum atomic E-state index is -0.456. The lowest BCUT2D eigenvalue weighted by Gasteiger charge is -2.32. The van der Waals surface area contributed by atoms with Gasteiger partial charge in [0, 0.05) is 13.3 Å². The molecule has 0 atom stereocenters. The standard InChI is InChI=1S/C14H17N3O3/c1-19-14(6-3-2-4-7-14)13-16-12(20-17-13)10-5-8-15-9-11(10)18/h5,8-9,18H,2-4,6-7H2,1H3. The van der Waals surface area contributed by atoms with Crippen molar-refractivity contribution in [2.24, 2.45) is 0 Å². The van der Waals surface area contributed by atoms with Crippen LogP contribution in [-0.4, -0.2) is 27.3 Å². The number of rotatable bonds is 3. The summed E-state index contributed by atoms with van der Waals surface area (Å²) in [7, 11) is 1.69. The van der Waals surface area contributed by atoms with Crippen LogP contribution in [0.25, 0.3) is 11.5 Å². The number of aromatic nitrogens is 3. The molecule has 6 nitrogen and oxygen atoms in total. The molecule has 1 fully saturated rings.